The summed E-state index contributed by atoms with van der Waals surface area (Å²) in [5.41, 5.74) is 8.40. The average Bonchev–Trinajstić information content (AvgIpc) is 2.21. The molecule has 0 unspecified atom stereocenters. The molecular weight excluding hydrogens is 240 g/mol. The number of aromatic nitrogens is 1. The van der Waals surface area contributed by atoms with E-state index in [0.29, 0.717) is 0 Å². The first-order valence-corrected chi connectivity index (χ1v) is 5.02. The van der Waals surface area contributed by atoms with E-state index in [2.05, 4.69) is 20.9 Å². The van der Waals surface area contributed by atoms with Crippen molar-refractivity contribution in [2.75, 3.05) is 5.73 Å². The minimum atomic E-state index is 0.769. The van der Waals surface area contributed by atoms with Crippen molar-refractivity contribution < 1.29 is 0 Å². The number of nitrogens with zero attached hydrogens (tertiary/aromatic N) is 1. The highest BCUT2D eigenvalue weighted by Crippen LogP contribution is 2.19. The molecule has 0 spiro atoms. The van der Waals surface area contributed by atoms with Crippen LogP contribution in [0.1, 0.15) is 0 Å². The second-order valence-corrected chi connectivity index (χ2v) is 3.90. The standard InChI is InChI=1S/C11H9BrN2/c12-9-3-6-11(14-7-9)8-1-4-10(13)5-2-8/h1-7H,13H2. The van der Waals surface area contributed by atoms with Gasteiger partial charge in [0.25, 0.3) is 0 Å². The number of hydrogen-bond donors (Lipinski definition) is 1. The van der Waals surface area contributed by atoms with Gasteiger partial charge in [0.1, 0.15) is 0 Å². The summed E-state index contributed by atoms with van der Waals surface area (Å²) in [6.45, 7) is 0. The Kier molecular flexibility index (Phi) is 2.50. The SMILES string of the molecule is Nc1ccc(-c2ccc(Br)cn2)cc1. The number of halogens is 1. The Bertz CT molecular complexity index is 377. The summed E-state index contributed by atoms with van der Waals surface area (Å²) < 4.78 is 0.983. The van der Waals surface area contributed by atoms with Gasteiger partial charge in [0.15, 0.2) is 0 Å². The highest BCUT2D eigenvalue weighted by atomic mass is 79.9. The van der Waals surface area contributed by atoms with Gasteiger partial charge in [-0.2, -0.15) is 0 Å². The Balaban J connectivity index is 2.40. The highest BCUT2D eigenvalue weighted by molar-refractivity contribution is 9.10. The summed E-state index contributed by atoms with van der Waals surface area (Å²) in [4.78, 5) is 4.29. The quantitative estimate of drug-likeness (QED) is 0.788. The van der Waals surface area contributed by atoms with Crippen LogP contribution < -0.4 is 5.73 Å². The van der Waals surface area contributed by atoms with Crippen molar-refractivity contribution in [2.45, 2.75) is 0 Å². The van der Waals surface area contributed by atoms with E-state index in [0.717, 1.165) is 21.4 Å². The van der Waals surface area contributed by atoms with Crippen LogP contribution in [0.25, 0.3) is 11.3 Å². The summed E-state index contributed by atoms with van der Waals surface area (Å²) in [6, 6.07) is 11.6. The molecule has 0 amide bonds. The first-order chi connectivity index (χ1) is 6.75. The Morgan fingerprint density at radius 1 is 1.00 bits per heavy atom. The molecule has 1 heterocycles. The Hall–Kier alpha value is -1.35. The van der Waals surface area contributed by atoms with Crippen molar-refractivity contribution in [3.05, 3.63) is 47.1 Å². The number of nitrogen functional groups attached to an aromatic ring is 1. The van der Waals surface area contributed by atoms with E-state index in [4.69, 9.17) is 5.73 Å². The van der Waals surface area contributed by atoms with E-state index in [1.807, 2.05) is 36.4 Å². The number of rotatable bonds is 1. The van der Waals surface area contributed by atoms with Crippen LogP contribution in [-0.4, -0.2) is 4.98 Å². The van der Waals surface area contributed by atoms with Gasteiger partial charge in [-0.1, -0.05) is 12.1 Å². The molecule has 2 aromatic rings. The zero-order chi connectivity index (χ0) is 9.97. The molecule has 2 N–H and O–H groups in total. The van der Waals surface area contributed by atoms with Gasteiger partial charge in [0, 0.05) is 21.9 Å². The Morgan fingerprint density at radius 3 is 2.29 bits per heavy atom. The molecule has 0 aliphatic rings. The lowest BCUT2D eigenvalue weighted by atomic mass is 10.1. The third kappa shape index (κ3) is 1.93. The van der Waals surface area contributed by atoms with Gasteiger partial charge in [-0.05, 0) is 40.2 Å². The molecule has 1 aromatic heterocycles. The second kappa shape index (κ2) is 3.80. The number of pyridine rings is 1. The minimum absolute atomic E-state index is 0.769. The van der Waals surface area contributed by atoms with Crippen molar-refractivity contribution in [1.29, 1.82) is 0 Å². The topological polar surface area (TPSA) is 38.9 Å². The number of anilines is 1. The zero-order valence-electron chi connectivity index (χ0n) is 7.44. The van der Waals surface area contributed by atoms with Crippen molar-refractivity contribution in [3.8, 4) is 11.3 Å². The number of hydrogen-bond acceptors (Lipinski definition) is 2. The van der Waals surface area contributed by atoms with E-state index in [-0.39, 0.29) is 0 Å². The van der Waals surface area contributed by atoms with Crippen LogP contribution in [-0.2, 0) is 0 Å². The van der Waals surface area contributed by atoms with E-state index in [9.17, 15) is 0 Å². The van der Waals surface area contributed by atoms with Crippen molar-refractivity contribution in [2.24, 2.45) is 0 Å². The van der Waals surface area contributed by atoms with Gasteiger partial charge in [-0.25, -0.2) is 0 Å². The lowest BCUT2D eigenvalue weighted by Crippen LogP contribution is -1.85. The van der Waals surface area contributed by atoms with E-state index < -0.39 is 0 Å². The van der Waals surface area contributed by atoms with Gasteiger partial charge >= 0.3 is 0 Å². The van der Waals surface area contributed by atoms with Crippen LogP contribution in [0.4, 0.5) is 5.69 Å². The fraction of sp³-hybridized carbons (Fsp3) is 0. The molecule has 14 heavy (non-hydrogen) atoms. The normalized spacial score (nSPS) is 10.1. The summed E-state index contributed by atoms with van der Waals surface area (Å²) in [5.74, 6) is 0. The molecule has 0 aliphatic carbocycles. The maximum absolute atomic E-state index is 5.60. The molecule has 0 atom stereocenters. The summed E-state index contributed by atoms with van der Waals surface area (Å²) >= 11 is 3.35. The third-order valence-electron chi connectivity index (χ3n) is 1.93. The molecule has 2 nitrogen and oxygen atoms in total. The largest absolute Gasteiger partial charge is 0.399 e. The van der Waals surface area contributed by atoms with Crippen molar-refractivity contribution in [1.82, 2.24) is 4.98 Å². The Labute approximate surface area is 90.9 Å². The lowest BCUT2D eigenvalue weighted by Gasteiger charge is -2.00. The molecule has 0 saturated carbocycles. The maximum Gasteiger partial charge on any atom is 0.0702 e. The first kappa shape index (κ1) is 9.21. The smallest absolute Gasteiger partial charge is 0.0702 e. The fourth-order valence-electron chi connectivity index (χ4n) is 1.20. The monoisotopic (exact) mass is 248 g/mol. The number of nitrogens with two attached hydrogens (primary N) is 1. The second-order valence-electron chi connectivity index (χ2n) is 2.98. The van der Waals surface area contributed by atoms with Crippen LogP contribution >= 0.6 is 15.9 Å². The van der Waals surface area contributed by atoms with Crippen LogP contribution in [0.2, 0.25) is 0 Å². The number of benzene rings is 1. The molecule has 2 rings (SSSR count). The molecule has 0 bridgehead atoms. The van der Waals surface area contributed by atoms with Gasteiger partial charge in [0.2, 0.25) is 0 Å². The van der Waals surface area contributed by atoms with Gasteiger partial charge < -0.3 is 5.73 Å². The summed E-state index contributed by atoms with van der Waals surface area (Å²) in [6.07, 6.45) is 1.78. The van der Waals surface area contributed by atoms with Gasteiger partial charge in [-0.3, -0.25) is 4.98 Å². The van der Waals surface area contributed by atoms with Crippen LogP contribution in [0.5, 0.6) is 0 Å². The average molecular weight is 249 g/mol. The Morgan fingerprint density at radius 2 is 1.71 bits per heavy atom. The summed E-state index contributed by atoms with van der Waals surface area (Å²) in [5, 5.41) is 0. The zero-order valence-corrected chi connectivity index (χ0v) is 9.03. The van der Waals surface area contributed by atoms with E-state index >= 15 is 0 Å². The fourth-order valence-corrected chi connectivity index (χ4v) is 1.44. The lowest BCUT2D eigenvalue weighted by molar-refractivity contribution is 1.31. The van der Waals surface area contributed by atoms with Crippen molar-refractivity contribution in [3.63, 3.8) is 0 Å². The molecule has 3 heteroatoms. The molecule has 0 saturated heterocycles. The van der Waals surface area contributed by atoms with Crippen molar-refractivity contribution >= 4 is 21.6 Å². The summed E-state index contributed by atoms with van der Waals surface area (Å²) in [7, 11) is 0. The van der Waals surface area contributed by atoms with Crippen LogP contribution in [0.15, 0.2) is 47.1 Å². The minimum Gasteiger partial charge on any atom is -0.399 e. The van der Waals surface area contributed by atoms with E-state index in [1.165, 1.54) is 0 Å². The molecule has 0 aliphatic heterocycles. The van der Waals surface area contributed by atoms with Gasteiger partial charge in [0.05, 0.1) is 5.69 Å². The molecule has 1 aromatic carbocycles. The van der Waals surface area contributed by atoms with Gasteiger partial charge in [-0.15, -0.1) is 0 Å². The predicted molar refractivity (Wildman–Crippen MR) is 61.8 cm³/mol. The van der Waals surface area contributed by atoms with E-state index in [1.54, 1.807) is 6.20 Å². The van der Waals surface area contributed by atoms with Crippen LogP contribution in [0.3, 0.4) is 0 Å². The first-order valence-electron chi connectivity index (χ1n) is 4.23. The highest BCUT2D eigenvalue weighted by Gasteiger charge is 1.97. The maximum atomic E-state index is 5.60. The molecule has 0 fully saturated rings. The molecular formula is C11H9BrN2. The third-order valence-corrected chi connectivity index (χ3v) is 2.40. The molecule has 0 radical (unpaired) electrons. The van der Waals surface area contributed by atoms with Crippen LogP contribution in [0, 0.1) is 0 Å². The predicted octanol–water partition coefficient (Wildman–Crippen LogP) is 3.09. The molecule has 70 valence electrons.